The van der Waals surface area contributed by atoms with E-state index in [1.807, 2.05) is 32.2 Å². The topological polar surface area (TPSA) is 45.3 Å². The molecule has 3 atom stereocenters. The Morgan fingerprint density at radius 3 is 2.57 bits per heavy atom. The van der Waals surface area contributed by atoms with Crippen molar-refractivity contribution in [3.63, 3.8) is 0 Å². The molecule has 1 saturated carbocycles. The van der Waals surface area contributed by atoms with Gasteiger partial charge in [-0.25, -0.2) is 0 Å². The number of benzene rings is 1. The Morgan fingerprint density at radius 2 is 1.90 bits per heavy atom. The highest BCUT2D eigenvalue weighted by atomic mass is 16.7. The highest BCUT2D eigenvalue weighted by Gasteiger charge is 2.36. The third kappa shape index (κ3) is 4.66. The van der Waals surface area contributed by atoms with Crippen molar-refractivity contribution in [3.8, 4) is 0 Å². The fraction of sp³-hybridized carbons (Fsp3) is 0.708. The number of methoxy groups -OCH3 is 1. The molecule has 2 aliphatic heterocycles. The molecule has 2 heterocycles. The minimum Gasteiger partial charge on any atom is -0.380 e. The second kappa shape index (κ2) is 9.67. The van der Waals surface area contributed by atoms with Crippen molar-refractivity contribution in [2.75, 3.05) is 58.9 Å². The van der Waals surface area contributed by atoms with Gasteiger partial charge in [-0.1, -0.05) is 6.42 Å². The van der Waals surface area contributed by atoms with Gasteiger partial charge in [-0.05, 0) is 55.9 Å². The smallest absolute Gasteiger partial charge is 0.253 e. The van der Waals surface area contributed by atoms with E-state index in [9.17, 15) is 4.79 Å². The second-order valence-electron chi connectivity index (χ2n) is 9.28. The van der Waals surface area contributed by atoms with Crippen molar-refractivity contribution >= 4 is 11.6 Å². The average Bonchev–Trinajstić information content (AvgIpc) is 3.47. The molecule has 3 aliphatic rings. The predicted octanol–water partition coefficient (Wildman–Crippen LogP) is 3.52. The van der Waals surface area contributed by atoms with Crippen molar-refractivity contribution in [1.29, 1.82) is 0 Å². The highest BCUT2D eigenvalue weighted by molar-refractivity contribution is 5.95. The van der Waals surface area contributed by atoms with Crippen LogP contribution in [-0.4, -0.2) is 76.0 Å². The quantitative estimate of drug-likeness (QED) is 0.711. The van der Waals surface area contributed by atoms with Gasteiger partial charge in [0.1, 0.15) is 0 Å². The summed E-state index contributed by atoms with van der Waals surface area (Å²) in [6, 6.07) is 6.44. The van der Waals surface area contributed by atoms with Gasteiger partial charge in [-0.3, -0.25) is 9.63 Å². The first-order valence-corrected chi connectivity index (χ1v) is 11.6. The SMILES string of the molecule is COC1C(CN2CCCO2)CCCC1c1cc(C(=O)N2CCCC2)cc(N(C)C)c1. The maximum Gasteiger partial charge on any atom is 0.253 e. The van der Waals surface area contributed by atoms with Crippen LogP contribution in [0.15, 0.2) is 18.2 Å². The van der Waals surface area contributed by atoms with Gasteiger partial charge in [-0.2, -0.15) is 5.06 Å². The molecule has 4 rings (SSSR count). The monoisotopic (exact) mass is 415 g/mol. The standard InChI is InChI=1S/C24H37N3O3/c1-25(2)21-15-19(14-20(16-21)24(28)26-10-4-5-11-26)22-9-6-8-18(23(22)29-3)17-27-12-7-13-30-27/h14-16,18,22-23H,4-13,17H2,1-3H3. The minimum absolute atomic E-state index is 0.148. The summed E-state index contributed by atoms with van der Waals surface area (Å²) in [5, 5.41) is 2.12. The minimum atomic E-state index is 0.148. The van der Waals surface area contributed by atoms with Crippen LogP contribution >= 0.6 is 0 Å². The van der Waals surface area contributed by atoms with Crippen molar-refractivity contribution in [1.82, 2.24) is 9.96 Å². The lowest BCUT2D eigenvalue weighted by molar-refractivity contribution is -0.135. The van der Waals surface area contributed by atoms with Crippen molar-refractivity contribution in [2.24, 2.45) is 5.92 Å². The summed E-state index contributed by atoms with van der Waals surface area (Å²) in [6.07, 6.45) is 6.94. The summed E-state index contributed by atoms with van der Waals surface area (Å²) in [7, 11) is 5.93. The Bertz CT molecular complexity index is 726. The lowest BCUT2D eigenvalue weighted by Gasteiger charge is -2.39. The molecule has 6 heteroatoms. The zero-order chi connectivity index (χ0) is 21.1. The molecule has 0 bridgehead atoms. The molecule has 30 heavy (non-hydrogen) atoms. The van der Waals surface area contributed by atoms with E-state index in [1.165, 1.54) is 18.4 Å². The first-order valence-electron chi connectivity index (χ1n) is 11.6. The number of anilines is 1. The highest BCUT2D eigenvalue weighted by Crippen LogP contribution is 2.40. The molecule has 6 nitrogen and oxygen atoms in total. The number of hydroxylamine groups is 2. The maximum absolute atomic E-state index is 13.2. The Hall–Kier alpha value is -1.63. The van der Waals surface area contributed by atoms with Gasteiger partial charge in [0.15, 0.2) is 0 Å². The molecule has 2 saturated heterocycles. The third-order valence-electron chi connectivity index (χ3n) is 7.01. The second-order valence-corrected chi connectivity index (χ2v) is 9.28. The fourth-order valence-corrected chi connectivity index (χ4v) is 5.40. The number of rotatable bonds is 6. The molecule has 1 aromatic carbocycles. The number of hydrogen-bond donors (Lipinski definition) is 0. The van der Waals surface area contributed by atoms with E-state index in [4.69, 9.17) is 9.57 Å². The van der Waals surface area contributed by atoms with E-state index < -0.39 is 0 Å². The number of hydrogen-bond acceptors (Lipinski definition) is 5. The molecule has 1 aromatic rings. The summed E-state index contributed by atoms with van der Waals surface area (Å²) in [4.78, 5) is 23.0. The van der Waals surface area contributed by atoms with Crippen LogP contribution in [0.1, 0.15) is 60.4 Å². The number of likely N-dealkylation sites (tertiary alicyclic amines) is 1. The fourth-order valence-electron chi connectivity index (χ4n) is 5.40. The van der Waals surface area contributed by atoms with Gasteiger partial charge in [0.05, 0.1) is 12.7 Å². The Labute approximate surface area is 181 Å². The normalized spacial score (nSPS) is 27.6. The van der Waals surface area contributed by atoms with Crippen LogP contribution in [-0.2, 0) is 9.57 Å². The van der Waals surface area contributed by atoms with Crippen LogP contribution < -0.4 is 4.90 Å². The Kier molecular flexibility index (Phi) is 6.96. The number of carbonyl (C=O) groups excluding carboxylic acids is 1. The average molecular weight is 416 g/mol. The molecule has 0 N–H and O–H groups in total. The van der Waals surface area contributed by atoms with Crippen molar-refractivity contribution in [2.45, 2.75) is 50.5 Å². The van der Waals surface area contributed by atoms with Gasteiger partial charge in [0.25, 0.3) is 5.91 Å². The van der Waals surface area contributed by atoms with E-state index in [2.05, 4.69) is 22.1 Å². The van der Waals surface area contributed by atoms with Crippen LogP contribution in [0, 0.1) is 5.92 Å². The summed E-state index contributed by atoms with van der Waals surface area (Å²) in [5.41, 5.74) is 3.15. The predicted molar refractivity (Wildman–Crippen MR) is 119 cm³/mol. The van der Waals surface area contributed by atoms with Crippen LogP contribution in [0.25, 0.3) is 0 Å². The molecule has 1 aliphatic carbocycles. The third-order valence-corrected chi connectivity index (χ3v) is 7.01. The van der Waals surface area contributed by atoms with Crippen LogP contribution in [0.3, 0.4) is 0 Å². The van der Waals surface area contributed by atoms with E-state index in [0.29, 0.717) is 11.8 Å². The Morgan fingerprint density at radius 1 is 1.10 bits per heavy atom. The van der Waals surface area contributed by atoms with Crippen molar-refractivity contribution < 1.29 is 14.4 Å². The van der Waals surface area contributed by atoms with Gasteiger partial charge in [0, 0.05) is 70.5 Å². The van der Waals surface area contributed by atoms with Gasteiger partial charge in [0.2, 0.25) is 0 Å². The molecule has 1 amide bonds. The molecule has 3 fully saturated rings. The Balaban J connectivity index is 1.60. The molecule has 166 valence electrons. The zero-order valence-electron chi connectivity index (χ0n) is 18.8. The molecular formula is C24H37N3O3. The molecular weight excluding hydrogens is 378 g/mol. The first-order chi connectivity index (χ1) is 14.6. The van der Waals surface area contributed by atoms with Crippen LogP contribution in [0.2, 0.25) is 0 Å². The van der Waals surface area contributed by atoms with Crippen LogP contribution in [0.5, 0.6) is 0 Å². The molecule has 0 radical (unpaired) electrons. The van der Waals surface area contributed by atoms with E-state index >= 15 is 0 Å². The van der Waals surface area contributed by atoms with Crippen molar-refractivity contribution in [3.05, 3.63) is 29.3 Å². The lowest BCUT2D eigenvalue weighted by atomic mass is 9.75. The number of carbonyl (C=O) groups is 1. The van der Waals surface area contributed by atoms with E-state index in [-0.39, 0.29) is 12.0 Å². The lowest BCUT2D eigenvalue weighted by Crippen LogP contribution is -2.40. The van der Waals surface area contributed by atoms with Gasteiger partial charge >= 0.3 is 0 Å². The largest absolute Gasteiger partial charge is 0.380 e. The maximum atomic E-state index is 13.2. The molecule has 3 unspecified atom stereocenters. The zero-order valence-corrected chi connectivity index (χ0v) is 18.8. The molecule has 0 spiro atoms. The van der Waals surface area contributed by atoms with E-state index in [1.54, 1.807) is 0 Å². The number of amides is 1. The number of nitrogens with zero attached hydrogens (tertiary/aromatic N) is 3. The summed E-state index contributed by atoms with van der Waals surface area (Å²) in [6.45, 7) is 4.54. The summed E-state index contributed by atoms with van der Waals surface area (Å²) in [5.74, 6) is 0.929. The summed E-state index contributed by atoms with van der Waals surface area (Å²) < 4.78 is 6.09. The summed E-state index contributed by atoms with van der Waals surface area (Å²) >= 11 is 0. The van der Waals surface area contributed by atoms with Crippen LogP contribution in [0.4, 0.5) is 5.69 Å². The van der Waals surface area contributed by atoms with E-state index in [0.717, 1.165) is 69.7 Å². The molecule has 0 aromatic heterocycles. The van der Waals surface area contributed by atoms with Gasteiger partial charge in [-0.15, -0.1) is 0 Å². The van der Waals surface area contributed by atoms with Gasteiger partial charge < -0.3 is 14.5 Å². The first kappa shape index (κ1) is 21.6. The number of ether oxygens (including phenoxy) is 1.